The Bertz CT molecular complexity index is 1490. The number of nitrogens with one attached hydrogen (secondary N) is 6. The Morgan fingerprint density at radius 1 is 0.351 bits per heavy atom. The molecule has 0 aliphatic rings. The van der Waals surface area contributed by atoms with Gasteiger partial charge < -0.3 is 41.4 Å². The van der Waals surface area contributed by atoms with E-state index in [2.05, 4.69) is 31.9 Å². The molecule has 6 atom stereocenters. The summed E-state index contributed by atoms with van der Waals surface area (Å²) < 4.78 is 10.2. The Morgan fingerprint density at radius 3 is 0.737 bits per heavy atom. The fraction of sp³-hybridized carbons (Fsp3) is 0.833. The van der Waals surface area contributed by atoms with E-state index in [1.54, 1.807) is 145 Å². The van der Waals surface area contributed by atoms with Crippen molar-refractivity contribution in [2.24, 2.45) is 32.5 Å². The third-order valence-electron chi connectivity index (χ3n) is 12.6. The molecule has 0 heterocycles. The summed E-state index contributed by atoms with van der Waals surface area (Å²) >= 11 is 0. The van der Waals surface area contributed by atoms with Crippen LogP contribution in [0.5, 0.6) is 0 Å². The van der Waals surface area contributed by atoms with Crippen molar-refractivity contribution in [3.8, 4) is 0 Å². The number of carbonyl (C=O) groups is 7. The number of ether oxygens (including phenoxy) is 2. The highest BCUT2D eigenvalue weighted by Crippen LogP contribution is 2.31. The molecule has 0 saturated carbocycles. The van der Waals surface area contributed by atoms with Gasteiger partial charge in [-0.25, -0.2) is 4.79 Å². The second kappa shape index (κ2) is 18.8. The van der Waals surface area contributed by atoms with Gasteiger partial charge in [-0.1, -0.05) is 0 Å². The van der Waals surface area contributed by atoms with Gasteiger partial charge in [-0.15, -0.1) is 0 Å². The average Bonchev–Trinajstić information content (AvgIpc) is 3.05. The van der Waals surface area contributed by atoms with Crippen LogP contribution in [-0.2, 0) is 38.2 Å². The van der Waals surface area contributed by atoms with Gasteiger partial charge in [-0.2, -0.15) is 0 Å². The zero-order valence-electron chi connectivity index (χ0n) is 39.1. The van der Waals surface area contributed by atoms with Crippen LogP contribution >= 0.6 is 0 Å². The number of methoxy groups -OCH3 is 1. The summed E-state index contributed by atoms with van der Waals surface area (Å²) in [5.74, 6) is -2.37. The molecule has 0 saturated heterocycles. The summed E-state index contributed by atoms with van der Waals surface area (Å²) in [7, 11) is 1.29. The van der Waals surface area contributed by atoms with E-state index in [0.29, 0.717) is 0 Å². The Morgan fingerprint density at radius 2 is 0.544 bits per heavy atom. The highest BCUT2D eigenvalue weighted by atomic mass is 16.6. The summed E-state index contributed by atoms with van der Waals surface area (Å²) in [6, 6.07) is -3.77. The van der Waals surface area contributed by atoms with Crippen molar-refractivity contribution in [1.82, 2.24) is 31.9 Å². The lowest BCUT2D eigenvalue weighted by atomic mass is 9.78. The van der Waals surface area contributed by atoms with Crippen molar-refractivity contribution in [1.29, 1.82) is 0 Å². The van der Waals surface area contributed by atoms with E-state index < -0.39 is 98.2 Å². The van der Waals surface area contributed by atoms with Gasteiger partial charge in [0.25, 0.3) is 0 Å². The molecular formula is C42H78N6O9. The number of alkyl carbamates (subject to hydrolysis) is 1. The van der Waals surface area contributed by atoms with Crippen molar-refractivity contribution >= 4 is 41.6 Å². The number of rotatable bonds is 18. The van der Waals surface area contributed by atoms with Crippen LogP contribution in [0, 0.1) is 32.5 Å². The van der Waals surface area contributed by atoms with E-state index in [-0.39, 0.29) is 17.7 Å². The highest BCUT2D eigenvalue weighted by molar-refractivity contribution is 5.90. The van der Waals surface area contributed by atoms with E-state index in [4.69, 9.17) is 9.47 Å². The third kappa shape index (κ3) is 13.3. The fourth-order valence-electron chi connectivity index (χ4n) is 4.90. The second-order valence-corrected chi connectivity index (χ2v) is 20.2. The van der Waals surface area contributed by atoms with Crippen LogP contribution in [0.3, 0.4) is 0 Å². The van der Waals surface area contributed by atoms with Crippen LogP contribution < -0.4 is 31.9 Å². The van der Waals surface area contributed by atoms with E-state index in [0.717, 1.165) is 0 Å². The zero-order chi connectivity index (χ0) is 45.7. The zero-order valence-corrected chi connectivity index (χ0v) is 39.1. The lowest BCUT2D eigenvalue weighted by Gasteiger charge is -2.40. The summed E-state index contributed by atoms with van der Waals surface area (Å²) in [4.78, 5) is 92.6. The maximum Gasteiger partial charge on any atom is 0.407 e. The first-order chi connectivity index (χ1) is 25.2. The lowest BCUT2D eigenvalue weighted by Crippen LogP contribution is -2.61. The van der Waals surface area contributed by atoms with Crippen LogP contribution in [0.15, 0.2) is 0 Å². The summed E-state index contributed by atoms with van der Waals surface area (Å²) in [5, 5.41) is 17.4. The molecule has 0 aromatic rings. The van der Waals surface area contributed by atoms with Gasteiger partial charge >= 0.3 is 12.1 Å². The topological polar surface area (TPSA) is 210 Å². The number of hydrogen-bond acceptors (Lipinski definition) is 9. The molecule has 0 rings (SSSR count). The highest BCUT2D eigenvalue weighted by Gasteiger charge is 2.46. The predicted octanol–water partition coefficient (Wildman–Crippen LogP) is 4.75. The number of carbonyl (C=O) groups excluding carboxylic acids is 7. The summed E-state index contributed by atoms with van der Waals surface area (Å²) in [5.41, 5.74) is -7.18. The van der Waals surface area contributed by atoms with E-state index >= 15 is 0 Å². The standard InChI is InChI=1S/C42H78N6O9/c1-23(44-31(51)39(14,15)25(3)46-33(53)41(18,19)27(5)48-35(55)57-36(7,8)9)37(10,11)29(49)43-24(2)38(12,13)30(50)45-26(4)40(16,17)32(52)47-28(6)42(20,21)34(54)56-22/h23-28H,1-22H3,(H,43,49)(H,44,51)(H,45,50)(H,46,53)(H,47,52)(H,48,55)/t23-,24-,25-,26-,27-,28-/m0/s1. The monoisotopic (exact) mass is 811 g/mol. The lowest BCUT2D eigenvalue weighted by molar-refractivity contribution is -0.153. The van der Waals surface area contributed by atoms with Crippen molar-refractivity contribution in [2.75, 3.05) is 7.11 Å². The molecule has 0 spiro atoms. The number of amides is 6. The van der Waals surface area contributed by atoms with Crippen molar-refractivity contribution < 1.29 is 43.0 Å². The number of esters is 1. The number of hydrogen-bond donors (Lipinski definition) is 6. The Kier molecular flexibility index (Phi) is 17.5. The summed E-state index contributed by atoms with van der Waals surface area (Å²) in [6.45, 7) is 35.8. The molecule has 0 bridgehead atoms. The first-order valence-corrected chi connectivity index (χ1v) is 19.9. The van der Waals surface area contributed by atoms with Gasteiger partial charge in [-0.3, -0.25) is 28.8 Å². The molecule has 0 aliphatic carbocycles. The third-order valence-corrected chi connectivity index (χ3v) is 12.6. The van der Waals surface area contributed by atoms with Crippen molar-refractivity contribution in [3.05, 3.63) is 0 Å². The molecule has 6 N–H and O–H groups in total. The first kappa shape index (κ1) is 53.1. The second-order valence-electron chi connectivity index (χ2n) is 20.2. The predicted molar refractivity (Wildman–Crippen MR) is 222 cm³/mol. The smallest absolute Gasteiger partial charge is 0.407 e. The molecule has 0 radical (unpaired) electrons. The minimum absolute atomic E-state index is 0.359. The Balaban J connectivity index is 5.67. The van der Waals surface area contributed by atoms with Crippen molar-refractivity contribution in [2.45, 2.75) is 187 Å². The van der Waals surface area contributed by atoms with Gasteiger partial charge in [0.05, 0.1) is 39.6 Å². The van der Waals surface area contributed by atoms with Crippen LogP contribution in [0.1, 0.15) is 145 Å². The van der Waals surface area contributed by atoms with Crippen LogP contribution in [0.2, 0.25) is 0 Å². The van der Waals surface area contributed by atoms with Gasteiger partial charge in [0.1, 0.15) is 5.60 Å². The van der Waals surface area contributed by atoms with Gasteiger partial charge in [0.2, 0.25) is 29.5 Å². The fourth-order valence-corrected chi connectivity index (χ4v) is 4.90. The molecule has 6 amide bonds. The minimum atomic E-state index is -1.13. The molecule has 0 aromatic heterocycles. The normalized spacial score (nSPS) is 16.3. The van der Waals surface area contributed by atoms with E-state index in [1.807, 2.05) is 0 Å². The van der Waals surface area contributed by atoms with Crippen LogP contribution in [-0.4, -0.2) is 90.6 Å². The maximum absolute atomic E-state index is 13.8. The molecule has 57 heavy (non-hydrogen) atoms. The Labute approximate surface area is 342 Å². The summed E-state index contributed by atoms with van der Waals surface area (Å²) in [6.07, 6.45) is -0.643. The van der Waals surface area contributed by atoms with Gasteiger partial charge in [0.15, 0.2) is 0 Å². The molecule has 15 nitrogen and oxygen atoms in total. The Hall–Kier alpha value is -3.91. The SMILES string of the molecule is COC(=O)C(C)(C)[C@H](C)NC(=O)C(C)(C)[C@H](C)NC(=O)C(C)(C)[C@H](C)NC(=O)C(C)(C)[C@H](C)NC(=O)C(C)(C)[C@H](C)NC(=O)C(C)(C)[C@H](C)NC(=O)OC(C)(C)C. The molecule has 0 fully saturated rings. The molecular weight excluding hydrogens is 732 g/mol. The van der Waals surface area contributed by atoms with Crippen LogP contribution in [0.25, 0.3) is 0 Å². The quantitative estimate of drug-likeness (QED) is 0.105. The minimum Gasteiger partial charge on any atom is -0.469 e. The first-order valence-electron chi connectivity index (χ1n) is 19.9. The van der Waals surface area contributed by atoms with E-state index in [9.17, 15) is 33.6 Å². The van der Waals surface area contributed by atoms with Gasteiger partial charge in [0, 0.05) is 36.3 Å². The van der Waals surface area contributed by atoms with Crippen molar-refractivity contribution in [3.63, 3.8) is 0 Å². The largest absolute Gasteiger partial charge is 0.469 e. The molecule has 0 aliphatic heterocycles. The molecule has 330 valence electrons. The molecule has 0 unspecified atom stereocenters. The maximum atomic E-state index is 13.8. The molecule has 0 aromatic carbocycles. The average molecular weight is 811 g/mol. The van der Waals surface area contributed by atoms with E-state index in [1.165, 1.54) is 7.11 Å². The van der Waals surface area contributed by atoms with Crippen LogP contribution in [0.4, 0.5) is 4.79 Å². The van der Waals surface area contributed by atoms with Gasteiger partial charge in [-0.05, 0) is 145 Å². The molecule has 15 heteroatoms.